The first-order valence-corrected chi connectivity index (χ1v) is 9.36. The highest BCUT2D eigenvalue weighted by atomic mass is 35.5. The van der Waals surface area contributed by atoms with Crippen molar-refractivity contribution in [3.8, 4) is 0 Å². The van der Waals surface area contributed by atoms with Crippen LogP contribution in [0.3, 0.4) is 0 Å². The van der Waals surface area contributed by atoms with Gasteiger partial charge in [0.2, 0.25) is 5.91 Å². The molecule has 152 valence electrons. The molecule has 0 spiro atoms. The molecule has 27 heavy (non-hydrogen) atoms. The number of carbonyl (C=O) groups is 1. The fraction of sp³-hybridized carbons (Fsp3) is 0.550. The van der Waals surface area contributed by atoms with E-state index >= 15 is 0 Å². The maximum Gasteiger partial charge on any atom is 0.224 e. The molecule has 5 nitrogen and oxygen atoms in total. The van der Waals surface area contributed by atoms with Crippen LogP contribution < -0.4 is 10.6 Å². The second-order valence-electron chi connectivity index (χ2n) is 7.37. The number of piperidine rings is 1. The van der Waals surface area contributed by atoms with Gasteiger partial charge in [-0.1, -0.05) is 6.07 Å². The Kier molecular flexibility index (Phi) is 10.2. The van der Waals surface area contributed by atoms with Crippen molar-refractivity contribution in [1.82, 2.24) is 14.8 Å². The Bertz CT molecular complexity index is 711. The van der Waals surface area contributed by atoms with Crippen molar-refractivity contribution in [1.29, 1.82) is 0 Å². The molecule has 2 heterocycles. The third-order valence-electron chi connectivity index (χ3n) is 5.08. The SMILES string of the molecule is CN(C)CCn1ccc2ccc(NC(=O)CCC3CCNCC3)cc21.Cl.Cl. The van der Waals surface area contributed by atoms with Crippen molar-refractivity contribution in [3.05, 3.63) is 30.5 Å². The van der Waals surface area contributed by atoms with Crippen LogP contribution in [-0.2, 0) is 11.3 Å². The van der Waals surface area contributed by atoms with E-state index in [1.165, 1.54) is 23.7 Å². The normalized spacial score (nSPS) is 14.6. The average Bonchev–Trinajstić information content (AvgIpc) is 3.01. The molecule has 0 saturated carbocycles. The summed E-state index contributed by atoms with van der Waals surface area (Å²) in [4.78, 5) is 14.5. The van der Waals surface area contributed by atoms with E-state index in [0.29, 0.717) is 12.3 Å². The number of fused-ring (bicyclic) bond motifs is 1. The van der Waals surface area contributed by atoms with Gasteiger partial charge in [-0.05, 0) is 76.0 Å². The van der Waals surface area contributed by atoms with Crippen molar-refractivity contribution in [2.75, 3.05) is 39.0 Å². The van der Waals surface area contributed by atoms with E-state index in [1.807, 2.05) is 6.07 Å². The summed E-state index contributed by atoms with van der Waals surface area (Å²) in [5.74, 6) is 0.821. The Morgan fingerprint density at radius 1 is 1.22 bits per heavy atom. The topological polar surface area (TPSA) is 49.3 Å². The Hall–Kier alpha value is -1.27. The summed E-state index contributed by atoms with van der Waals surface area (Å²) in [6.07, 6.45) is 6.12. The second-order valence-corrected chi connectivity index (χ2v) is 7.37. The predicted octanol–water partition coefficient (Wildman–Crippen LogP) is 3.76. The van der Waals surface area contributed by atoms with Gasteiger partial charge in [-0.15, -0.1) is 24.8 Å². The Balaban J connectivity index is 0.00000182. The van der Waals surface area contributed by atoms with Crippen LogP contribution in [0, 0.1) is 5.92 Å². The van der Waals surface area contributed by atoms with Crippen LogP contribution in [0.2, 0.25) is 0 Å². The molecular formula is C20H32Cl2N4O. The number of carbonyl (C=O) groups excluding carboxylic acids is 1. The predicted molar refractivity (Wildman–Crippen MR) is 118 cm³/mol. The van der Waals surface area contributed by atoms with Gasteiger partial charge in [0.25, 0.3) is 0 Å². The smallest absolute Gasteiger partial charge is 0.224 e. The zero-order valence-electron chi connectivity index (χ0n) is 16.2. The lowest BCUT2D eigenvalue weighted by molar-refractivity contribution is -0.116. The second kappa shape index (κ2) is 11.5. The average molecular weight is 415 g/mol. The van der Waals surface area contributed by atoms with Crippen LogP contribution >= 0.6 is 24.8 Å². The van der Waals surface area contributed by atoms with Crippen LogP contribution in [0.25, 0.3) is 10.9 Å². The largest absolute Gasteiger partial charge is 0.346 e. The van der Waals surface area contributed by atoms with E-state index in [1.54, 1.807) is 0 Å². The summed E-state index contributed by atoms with van der Waals surface area (Å²) in [5.41, 5.74) is 2.07. The molecule has 3 rings (SSSR count). The van der Waals surface area contributed by atoms with Crippen LogP contribution in [0.15, 0.2) is 30.5 Å². The van der Waals surface area contributed by atoms with Crippen molar-refractivity contribution in [3.63, 3.8) is 0 Å². The lowest BCUT2D eigenvalue weighted by Crippen LogP contribution is -2.28. The van der Waals surface area contributed by atoms with E-state index in [0.717, 1.165) is 38.3 Å². The molecule has 0 radical (unpaired) electrons. The number of rotatable bonds is 7. The van der Waals surface area contributed by atoms with Crippen molar-refractivity contribution in [2.24, 2.45) is 5.92 Å². The third kappa shape index (κ3) is 7.00. The summed E-state index contributed by atoms with van der Waals surface area (Å²) >= 11 is 0. The van der Waals surface area contributed by atoms with Gasteiger partial charge in [-0.2, -0.15) is 0 Å². The van der Waals surface area contributed by atoms with E-state index in [9.17, 15) is 4.79 Å². The van der Waals surface area contributed by atoms with Crippen LogP contribution in [0.1, 0.15) is 25.7 Å². The monoisotopic (exact) mass is 414 g/mol. The zero-order valence-corrected chi connectivity index (χ0v) is 17.9. The minimum atomic E-state index is 0. The quantitative estimate of drug-likeness (QED) is 0.724. The molecule has 0 aliphatic carbocycles. The van der Waals surface area contributed by atoms with Gasteiger partial charge in [-0.25, -0.2) is 0 Å². The van der Waals surface area contributed by atoms with Gasteiger partial charge in [0.15, 0.2) is 0 Å². The minimum absolute atomic E-state index is 0. The first kappa shape index (κ1) is 23.8. The molecule has 0 atom stereocenters. The third-order valence-corrected chi connectivity index (χ3v) is 5.08. The Morgan fingerprint density at radius 3 is 2.67 bits per heavy atom. The number of halogens is 2. The molecule has 7 heteroatoms. The van der Waals surface area contributed by atoms with E-state index in [4.69, 9.17) is 0 Å². The Morgan fingerprint density at radius 2 is 1.96 bits per heavy atom. The molecule has 1 fully saturated rings. The number of anilines is 1. The molecule has 2 aromatic rings. The number of nitrogens with one attached hydrogen (secondary N) is 2. The number of nitrogens with zero attached hydrogens (tertiary/aromatic N) is 2. The molecule has 1 aromatic heterocycles. The lowest BCUT2D eigenvalue weighted by atomic mass is 9.93. The first-order chi connectivity index (χ1) is 12.1. The molecule has 1 saturated heterocycles. The maximum absolute atomic E-state index is 12.3. The summed E-state index contributed by atoms with van der Waals surface area (Å²) in [5, 5.41) is 7.66. The van der Waals surface area contributed by atoms with Crippen molar-refractivity contribution >= 4 is 47.3 Å². The number of amides is 1. The summed E-state index contributed by atoms with van der Waals surface area (Å²) in [6, 6.07) is 8.31. The summed E-state index contributed by atoms with van der Waals surface area (Å²) in [7, 11) is 4.17. The van der Waals surface area contributed by atoms with Crippen molar-refractivity contribution < 1.29 is 4.79 Å². The fourth-order valence-corrected chi connectivity index (χ4v) is 3.49. The molecule has 0 unspecified atom stereocenters. The molecule has 1 aliphatic rings. The van der Waals surface area contributed by atoms with Gasteiger partial charge >= 0.3 is 0 Å². The van der Waals surface area contributed by atoms with E-state index < -0.39 is 0 Å². The van der Waals surface area contributed by atoms with Gasteiger partial charge in [0.05, 0.1) is 5.52 Å². The maximum atomic E-state index is 12.3. The molecule has 2 N–H and O–H groups in total. The first-order valence-electron chi connectivity index (χ1n) is 9.36. The van der Waals surface area contributed by atoms with Gasteiger partial charge in [0, 0.05) is 31.4 Å². The van der Waals surface area contributed by atoms with Crippen molar-refractivity contribution in [2.45, 2.75) is 32.2 Å². The van der Waals surface area contributed by atoms with E-state index in [2.05, 4.69) is 58.6 Å². The lowest BCUT2D eigenvalue weighted by Gasteiger charge is -2.22. The fourth-order valence-electron chi connectivity index (χ4n) is 3.49. The number of likely N-dealkylation sites (N-methyl/N-ethyl adjacent to an activating group) is 1. The molecule has 1 aliphatic heterocycles. The minimum Gasteiger partial charge on any atom is -0.346 e. The zero-order chi connectivity index (χ0) is 17.6. The molecule has 1 aromatic carbocycles. The van der Waals surface area contributed by atoms with Crippen LogP contribution in [0.5, 0.6) is 0 Å². The highest BCUT2D eigenvalue weighted by molar-refractivity contribution is 5.93. The van der Waals surface area contributed by atoms with Gasteiger partial charge in [0.1, 0.15) is 0 Å². The van der Waals surface area contributed by atoms with Crippen LogP contribution in [-0.4, -0.2) is 49.1 Å². The number of benzene rings is 1. The Labute approximate surface area is 174 Å². The van der Waals surface area contributed by atoms with Crippen LogP contribution in [0.4, 0.5) is 5.69 Å². The summed E-state index contributed by atoms with van der Waals surface area (Å²) in [6.45, 7) is 4.13. The molecular weight excluding hydrogens is 383 g/mol. The molecule has 1 amide bonds. The van der Waals surface area contributed by atoms with E-state index in [-0.39, 0.29) is 30.7 Å². The highest BCUT2D eigenvalue weighted by Gasteiger charge is 2.14. The number of aromatic nitrogens is 1. The standard InChI is InChI=1S/C20H30N4O.2ClH/c1-23(2)13-14-24-12-9-17-4-5-18(15-19(17)24)22-20(25)6-3-16-7-10-21-11-8-16;;/h4-5,9,12,15-16,21H,3,6-8,10-11,13-14H2,1-2H3,(H,22,25);2*1H. The van der Waals surface area contributed by atoms with Gasteiger partial charge in [-0.3, -0.25) is 4.79 Å². The summed E-state index contributed by atoms with van der Waals surface area (Å²) < 4.78 is 2.25. The van der Waals surface area contributed by atoms with Gasteiger partial charge < -0.3 is 20.1 Å². The molecule has 0 bridgehead atoms. The number of hydrogen-bond donors (Lipinski definition) is 2. The number of hydrogen-bond acceptors (Lipinski definition) is 3. The highest BCUT2D eigenvalue weighted by Crippen LogP contribution is 2.22.